The Morgan fingerprint density at radius 1 is 1.42 bits per heavy atom. The van der Waals surface area contributed by atoms with E-state index in [0.717, 1.165) is 18.5 Å². The van der Waals surface area contributed by atoms with Gasteiger partial charge < -0.3 is 4.74 Å². The molecule has 4 heteroatoms. The molecule has 0 heterocycles. The average Bonchev–Trinajstić information content (AvgIpc) is 2.41. The number of benzene rings is 1. The number of hydrogen-bond donors (Lipinski definition) is 0. The molecule has 0 bridgehead atoms. The van der Waals surface area contributed by atoms with Crippen molar-refractivity contribution >= 4 is 0 Å². The fourth-order valence-electron chi connectivity index (χ4n) is 1.96. The van der Waals surface area contributed by atoms with Crippen LogP contribution < -0.4 is 0 Å². The first-order chi connectivity index (χ1) is 9.10. The molecule has 0 aliphatic carbocycles. The maximum atomic E-state index is 13.4. The van der Waals surface area contributed by atoms with Crippen LogP contribution in [0.1, 0.15) is 31.4 Å². The summed E-state index contributed by atoms with van der Waals surface area (Å²) >= 11 is 0. The van der Waals surface area contributed by atoms with E-state index >= 15 is 0 Å². The van der Waals surface area contributed by atoms with Crippen LogP contribution in [0.2, 0.25) is 0 Å². The molecule has 0 saturated carbocycles. The lowest BCUT2D eigenvalue weighted by molar-refractivity contribution is 0.118. The standard InChI is InChI=1S/C15H21FN2O/c1-4-12(2)18(5-6-19-3)11-14-7-13(10-17)8-15(16)9-14/h7-9,12H,4-6,11H2,1-3H3. The Bertz CT molecular complexity index is 442. The van der Waals surface area contributed by atoms with E-state index in [1.807, 2.05) is 6.07 Å². The SMILES string of the molecule is CCC(C)N(CCOC)Cc1cc(F)cc(C#N)c1. The third-order valence-electron chi connectivity index (χ3n) is 3.27. The van der Waals surface area contributed by atoms with Gasteiger partial charge in [0.2, 0.25) is 0 Å². The van der Waals surface area contributed by atoms with Gasteiger partial charge >= 0.3 is 0 Å². The highest BCUT2D eigenvalue weighted by Crippen LogP contribution is 2.14. The molecule has 3 nitrogen and oxygen atoms in total. The minimum Gasteiger partial charge on any atom is -0.383 e. The van der Waals surface area contributed by atoms with Crippen LogP contribution in [0.15, 0.2) is 18.2 Å². The van der Waals surface area contributed by atoms with Gasteiger partial charge in [0.05, 0.1) is 18.2 Å². The highest BCUT2D eigenvalue weighted by molar-refractivity contribution is 5.33. The lowest BCUT2D eigenvalue weighted by atomic mass is 10.1. The lowest BCUT2D eigenvalue weighted by Gasteiger charge is -2.28. The topological polar surface area (TPSA) is 36.3 Å². The summed E-state index contributed by atoms with van der Waals surface area (Å²) in [5.41, 5.74) is 1.19. The van der Waals surface area contributed by atoms with Crippen LogP contribution in [0, 0.1) is 17.1 Å². The van der Waals surface area contributed by atoms with E-state index in [1.165, 1.54) is 12.1 Å². The molecule has 0 N–H and O–H groups in total. The number of nitrogens with zero attached hydrogens (tertiary/aromatic N) is 2. The van der Waals surface area contributed by atoms with Crippen molar-refractivity contribution in [1.29, 1.82) is 5.26 Å². The van der Waals surface area contributed by atoms with E-state index in [2.05, 4.69) is 18.7 Å². The first kappa shape index (κ1) is 15.6. The van der Waals surface area contributed by atoms with Gasteiger partial charge in [0.15, 0.2) is 0 Å². The average molecular weight is 264 g/mol. The summed E-state index contributed by atoms with van der Waals surface area (Å²) in [6, 6.07) is 6.86. The van der Waals surface area contributed by atoms with Crippen LogP contribution >= 0.6 is 0 Å². The lowest BCUT2D eigenvalue weighted by Crippen LogP contribution is -2.34. The van der Waals surface area contributed by atoms with Crippen molar-refractivity contribution < 1.29 is 9.13 Å². The zero-order valence-electron chi connectivity index (χ0n) is 11.8. The van der Waals surface area contributed by atoms with Gasteiger partial charge in [0.1, 0.15) is 5.82 Å². The Hall–Kier alpha value is -1.44. The summed E-state index contributed by atoms with van der Waals surface area (Å²) in [6.45, 7) is 6.33. The summed E-state index contributed by atoms with van der Waals surface area (Å²) in [6.07, 6.45) is 1.02. The van der Waals surface area contributed by atoms with Gasteiger partial charge in [-0.15, -0.1) is 0 Å². The van der Waals surface area contributed by atoms with Crippen molar-refractivity contribution in [2.24, 2.45) is 0 Å². The molecule has 1 aromatic rings. The van der Waals surface area contributed by atoms with Crippen molar-refractivity contribution in [2.45, 2.75) is 32.9 Å². The molecule has 104 valence electrons. The summed E-state index contributed by atoms with van der Waals surface area (Å²) < 4.78 is 18.5. The summed E-state index contributed by atoms with van der Waals surface area (Å²) in [5, 5.41) is 8.87. The second-order valence-electron chi connectivity index (χ2n) is 4.68. The number of hydrogen-bond acceptors (Lipinski definition) is 3. The Morgan fingerprint density at radius 3 is 2.74 bits per heavy atom. The Morgan fingerprint density at radius 2 is 2.16 bits per heavy atom. The Labute approximate surface area is 114 Å². The van der Waals surface area contributed by atoms with Crippen LogP contribution in [0.5, 0.6) is 0 Å². The molecule has 0 amide bonds. The highest BCUT2D eigenvalue weighted by Gasteiger charge is 2.13. The highest BCUT2D eigenvalue weighted by atomic mass is 19.1. The van der Waals surface area contributed by atoms with Gasteiger partial charge in [-0.3, -0.25) is 4.90 Å². The van der Waals surface area contributed by atoms with Crippen molar-refractivity contribution in [3.05, 3.63) is 35.1 Å². The van der Waals surface area contributed by atoms with E-state index in [4.69, 9.17) is 10.00 Å². The molecular weight excluding hydrogens is 243 g/mol. The van der Waals surface area contributed by atoms with Crippen LogP contribution in [-0.2, 0) is 11.3 Å². The first-order valence-electron chi connectivity index (χ1n) is 6.53. The van der Waals surface area contributed by atoms with Gasteiger partial charge in [0, 0.05) is 26.2 Å². The minimum absolute atomic E-state index is 0.357. The quantitative estimate of drug-likeness (QED) is 0.759. The number of halogens is 1. The van der Waals surface area contributed by atoms with Gasteiger partial charge in [-0.05, 0) is 37.1 Å². The second-order valence-corrected chi connectivity index (χ2v) is 4.68. The second kappa shape index (κ2) is 7.88. The smallest absolute Gasteiger partial charge is 0.124 e. The zero-order chi connectivity index (χ0) is 14.3. The molecule has 1 unspecified atom stereocenters. The Balaban J connectivity index is 2.83. The Kier molecular flexibility index (Phi) is 6.48. The largest absolute Gasteiger partial charge is 0.383 e. The van der Waals surface area contributed by atoms with Gasteiger partial charge in [-0.1, -0.05) is 6.92 Å². The van der Waals surface area contributed by atoms with Crippen molar-refractivity contribution in [2.75, 3.05) is 20.3 Å². The molecular formula is C15H21FN2O. The van der Waals surface area contributed by atoms with Crippen LogP contribution in [0.25, 0.3) is 0 Å². The summed E-state index contributed by atoms with van der Waals surface area (Å²) in [7, 11) is 1.67. The molecule has 1 aromatic carbocycles. The maximum absolute atomic E-state index is 13.4. The van der Waals surface area contributed by atoms with E-state index in [0.29, 0.717) is 24.8 Å². The number of nitriles is 1. The molecule has 19 heavy (non-hydrogen) atoms. The third kappa shape index (κ3) is 4.98. The molecule has 0 aliphatic rings. The van der Waals surface area contributed by atoms with Gasteiger partial charge in [0.25, 0.3) is 0 Å². The molecule has 0 aliphatic heterocycles. The zero-order valence-corrected chi connectivity index (χ0v) is 11.8. The van der Waals surface area contributed by atoms with E-state index in [9.17, 15) is 4.39 Å². The molecule has 0 saturated heterocycles. The first-order valence-corrected chi connectivity index (χ1v) is 6.53. The maximum Gasteiger partial charge on any atom is 0.124 e. The molecule has 0 aromatic heterocycles. The monoisotopic (exact) mass is 264 g/mol. The summed E-state index contributed by atoms with van der Waals surface area (Å²) in [4.78, 5) is 2.24. The molecule has 1 atom stereocenters. The van der Waals surface area contributed by atoms with E-state index < -0.39 is 0 Å². The van der Waals surface area contributed by atoms with E-state index in [-0.39, 0.29) is 5.82 Å². The van der Waals surface area contributed by atoms with Crippen LogP contribution in [0.4, 0.5) is 4.39 Å². The summed E-state index contributed by atoms with van der Waals surface area (Å²) in [5.74, 6) is -0.357. The predicted octanol–water partition coefficient (Wildman–Crippen LogP) is 2.94. The fourth-order valence-corrected chi connectivity index (χ4v) is 1.96. The van der Waals surface area contributed by atoms with Crippen molar-refractivity contribution in [3.63, 3.8) is 0 Å². The number of methoxy groups -OCH3 is 1. The van der Waals surface area contributed by atoms with Crippen molar-refractivity contribution in [3.8, 4) is 6.07 Å². The van der Waals surface area contributed by atoms with Gasteiger partial charge in [-0.2, -0.15) is 5.26 Å². The number of rotatable bonds is 7. The number of ether oxygens (including phenoxy) is 1. The predicted molar refractivity (Wildman–Crippen MR) is 73.2 cm³/mol. The third-order valence-corrected chi connectivity index (χ3v) is 3.27. The van der Waals surface area contributed by atoms with E-state index in [1.54, 1.807) is 13.2 Å². The van der Waals surface area contributed by atoms with Crippen LogP contribution in [0.3, 0.4) is 0 Å². The molecule has 1 rings (SSSR count). The van der Waals surface area contributed by atoms with Crippen molar-refractivity contribution in [1.82, 2.24) is 4.90 Å². The minimum atomic E-state index is -0.357. The normalized spacial score (nSPS) is 12.4. The fraction of sp³-hybridized carbons (Fsp3) is 0.533. The molecule has 0 radical (unpaired) electrons. The van der Waals surface area contributed by atoms with Gasteiger partial charge in [-0.25, -0.2) is 4.39 Å². The molecule has 0 spiro atoms. The van der Waals surface area contributed by atoms with Crippen LogP contribution in [-0.4, -0.2) is 31.2 Å². The molecule has 0 fully saturated rings.